The molecule has 0 saturated heterocycles. The normalized spacial score (nSPS) is 12.4. The fourth-order valence-corrected chi connectivity index (χ4v) is 3.74. The molecule has 0 amide bonds. The van der Waals surface area contributed by atoms with Gasteiger partial charge in [0.2, 0.25) is 11.8 Å². The zero-order valence-electron chi connectivity index (χ0n) is 17.3. The van der Waals surface area contributed by atoms with Crippen LogP contribution in [-0.4, -0.2) is 36.2 Å². The van der Waals surface area contributed by atoms with Crippen LogP contribution in [0.2, 0.25) is 0 Å². The SMILES string of the molecule is CCOC(=O)c1cnc(N2CCc3c(OC)cccc32)nc1OCc1ccc(Br)cc1. The number of ether oxygens (including phenoxy) is 3. The smallest absolute Gasteiger partial charge is 0.345 e. The summed E-state index contributed by atoms with van der Waals surface area (Å²) in [6, 6.07) is 13.7. The topological polar surface area (TPSA) is 73.8 Å². The molecule has 160 valence electrons. The van der Waals surface area contributed by atoms with Gasteiger partial charge in [0.25, 0.3) is 0 Å². The molecule has 2 heterocycles. The molecule has 0 radical (unpaired) electrons. The average molecular weight is 484 g/mol. The molecule has 0 aliphatic carbocycles. The molecule has 0 N–H and O–H groups in total. The maximum Gasteiger partial charge on any atom is 0.345 e. The lowest BCUT2D eigenvalue weighted by molar-refractivity contribution is 0.0519. The first-order valence-corrected chi connectivity index (χ1v) is 10.7. The van der Waals surface area contributed by atoms with Gasteiger partial charge < -0.3 is 19.1 Å². The number of fused-ring (bicyclic) bond motifs is 1. The van der Waals surface area contributed by atoms with Crippen LogP contribution in [0.1, 0.15) is 28.4 Å². The Balaban J connectivity index is 1.65. The van der Waals surface area contributed by atoms with Gasteiger partial charge in [0.1, 0.15) is 17.9 Å². The number of halogens is 1. The molecular formula is C23H22BrN3O4. The van der Waals surface area contributed by atoms with E-state index in [1.165, 1.54) is 6.20 Å². The lowest BCUT2D eigenvalue weighted by Crippen LogP contribution is -2.18. The number of carbonyl (C=O) groups is 1. The van der Waals surface area contributed by atoms with Crippen LogP contribution in [0.25, 0.3) is 0 Å². The molecule has 1 aromatic heterocycles. The predicted molar refractivity (Wildman–Crippen MR) is 120 cm³/mol. The van der Waals surface area contributed by atoms with E-state index in [0.717, 1.165) is 33.5 Å². The minimum atomic E-state index is -0.511. The summed E-state index contributed by atoms with van der Waals surface area (Å²) in [6.45, 7) is 2.98. The summed E-state index contributed by atoms with van der Waals surface area (Å²) < 4.78 is 17.6. The number of hydrogen-bond acceptors (Lipinski definition) is 7. The third-order valence-corrected chi connectivity index (χ3v) is 5.50. The quantitative estimate of drug-likeness (QED) is 0.451. The van der Waals surface area contributed by atoms with E-state index in [1.54, 1.807) is 14.0 Å². The summed E-state index contributed by atoms with van der Waals surface area (Å²) in [4.78, 5) is 23.4. The number of rotatable bonds is 7. The van der Waals surface area contributed by atoms with E-state index in [-0.39, 0.29) is 24.7 Å². The zero-order chi connectivity index (χ0) is 21.8. The molecule has 2 aromatic carbocycles. The Labute approximate surface area is 189 Å². The van der Waals surface area contributed by atoms with Gasteiger partial charge >= 0.3 is 5.97 Å². The monoisotopic (exact) mass is 483 g/mol. The van der Waals surface area contributed by atoms with Gasteiger partial charge in [-0.3, -0.25) is 0 Å². The molecule has 0 fully saturated rings. The lowest BCUT2D eigenvalue weighted by Gasteiger charge is -2.19. The third-order valence-electron chi connectivity index (χ3n) is 4.97. The molecule has 31 heavy (non-hydrogen) atoms. The van der Waals surface area contributed by atoms with Crippen LogP contribution in [-0.2, 0) is 17.8 Å². The van der Waals surface area contributed by atoms with Crippen molar-refractivity contribution in [3.05, 3.63) is 69.8 Å². The van der Waals surface area contributed by atoms with Crippen LogP contribution in [0.15, 0.2) is 53.1 Å². The summed E-state index contributed by atoms with van der Waals surface area (Å²) in [5.74, 6) is 0.992. The van der Waals surface area contributed by atoms with Crippen molar-refractivity contribution in [3.63, 3.8) is 0 Å². The summed E-state index contributed by atoms with van der Waals surface area (Å²) in [5.41, 5.74) is 3.25. The minimum absolute atomic E-state index is 0.197. The van der Waals surface area contributed by atoms with Crippen LogP contribution < -0.4 is 14.4 Å². The Morgan fingerprint density at radius 1 is 1.19 bits per heavy atom. The number of aromatic nitrogens is 2. The fourth-order valence-electron chi connectivity index (χ4n) is 3.48. The van der Waals surface area contributed by atoms with Crippen molar-refractivity contribution in [1.82, 2.24) is 9.97 Å². The molecule has 0 saturated carbocycles. The maximum atomic E-state index is 12.4. The van der Waals surface area contributed by atoms with E-state index in [0.29, 0.717) is 12.5 Å². The predicted octanol–water partition coefficient (Wildman–Crippen LogP) is 4.70. The number of carbonyl (C=O) groups excluding carboxylic acids is 1. The van der Waals surface area contributed by atoms with Gasteiger partial charge in [-0.15, -0.1) is 0 Å². The molecule has 0 bridgehead atoms. The van der Waals surface area contributed by atoms with Crippen molar-refractivity contribution >= 4 is 33.5 Å². The second-order valence-electron chi connectivity index (χ2n) is 6.88. The second kappa shape index (κ2) is 9.34. The molecular weight excluding hydrogens is 462 g/mol. The van der Waals surface area contributed by atoms with Gasteiger partial charge in [0, 0.05) is 16.6 Å². The number of hydrogen-bond donors (Lipinski definition) is 0. The number of methoxy groups -OCH3 is 1. The largest absolute Gasteiger partial charge is 0.496 e. The van der Waals surface area contributed by atoms with Crippen molar-refractivity contribution < 1.29 is 19.0 Å². The fraction of sp³-hybridized carbons (Fsp3) is 0.261. The Bertz CT molecular complexity index is 1090. The molecule has 4 rings (SSSR count). The molecule has 7 nitrogen and oxygen atoms in total. The van der Waals surface area contributed by atoms with Crippen LogP contribution in [0.3, 0.4) is 0 Å². The second-order valence-corrected chi connectivity index (χ2v) is 7.80. The first kappa shape index (κ1) is 21.1. The third kappa shape index (κ3) is 4.49. The van der Waals surface area contributed by atoms with E-state index in [2.05, 4.69) is 25.9 Å². The Morgan fingerprint density at radius 3 is 2.74 bits per heavy atom. The van der Waals surface area contributed by atoms with Gasteiger partial charge in [-0.1, -0.05) is 34.1 Å². The molecule has 0 unspecified atom stereocenters. The summed E-state index contributed by atoms with van der Waals surface area (Å²) in [7, 11) is 1.66. The van der Waals surface area contributed by atoms with E-state index >= 15 is 0 Å². The molecule has 8 heteroatoms. The van der Waals surface area contributed by atoms with Gasteiger partial charge in [-0.25, -0.2) is 9.78 Å². The first-order chi connectivity index (χ1) is 15.1. The van der Waals surface area contributed by atoms with Crippen LogP contribution >= 0.6 is 15.9 Å². The van der Waals surface area contributed by atoms with E-state index < -0.39 is 5.97 Å². The highest BCUT2D eigenvalue weighted by Crippen LogP contribution is 2.38. The zero-order valence-corrected chi connectivity index (χ0v) is 18.9. The standard InChI is InChI=1S/C23H22BrN3O4/c1-3-30-22(28)18-13-25-23(26-21(18)31-14-15-7-9-16(24)10-8-15)27-12-11-17-19(27)5-4-6-20(17)29-2/h4-10,13H,3,11-12,14H2,1-2H3. The average Bonchev–Trinajstić information content (AvgIpc) is 3.23. The van der Waals surface area contributed by atoms with E-state index in [1.807, 2.05) is 47.4 Å². The van der Waals surface area contributed by atoms with E-state index in [9.17, 15) is 4.79 Å². The first-order valence-electron chi connectivity index (χ1n) is 9.95. The summed E-state index contributed by atoms with van der Waals surface area (Å²) >= 11 is 3.42. The van der Waals surface area contributed by atoms with Gasteiger partial charge in [-0.2, -0.15) is 4.98 Å². The van der Waals surface area contributed by atoms with Crippen molar-refractivity contribution in [1.29, 1.82) is 0 Å². The molecule has 3 aromatic rings. The minimum Gasteiger partial charge on any atom is -0.496 e. The van der Waals surface area contributed by atoms with Crippen molar-refractivity contribution in [3.8, 4) is 11.6 Å². The van der Waals surface area contributed by atoms with Gasteiger partial charge in [0.05, 0.1) is 25.6 Å². The van der Waals surface area contributed by atoms with E-state index in [4.69, 9.17) is 14.2 Å². The highest BCUT2D eigenvalue weighted by atomic mass is 79.9. The highest BCUT2D eigenvalue weighted by Gasteiger charge is 2.27. The van der Waals surface area contributed by atoms with Crippen molar-refractivity contribution in [2.24, 2.45) is 0 Å². The Morgan fingerprint density at radius 2 is 2.00 bits per heavy atom. The molecule has 0 atom stereocenters. The van der Waals surface area contributed by atoms with Crippen LogP contribution in [0.4, 0.5) is 11.6 Å². The number of nitrogens with zero attached hydrogens (tertiary/aromatic N) is 3. The van der Waals surface area contributed by atoms with Gasteiger partial charge in [-0.05, 0) is 43.2 Å². The maximum absolute atomic E-state index is 12.4. The Hall–Kier alpha value is -3.13. The lowest BCUT2D eigenvalue weighted by atomic mass is 10.1. The number of esters is 1. The van der Waals surface area contributed by atoms with Crippen molar-refractivity contribution in [2.45, 2.75) is 20.0 Å². The molecule has 1 aliphatic rings. The van der Waals surface area contributed by atoms with Crippen LogP contribution in [0.5, 0.6) is 11.6 Å². The number of benzene rings is 2. The van der Waals surface area contributed by atoms with Gasteiger partial charge in [0.15, 0.2) is 0 Å². The van der Waals surface area contributed by atoms with Crippen molar-refractivity contribution in [2.75, 3.05) is 25.2 Å². The summed E-state index contributed by atoms with van der Waals surface area (Å²) in [5, 5.41) is 0. The number of anilines is 2. The Kier molecular flexibility index (Phi) is 6.36. The molecule has 0 spiro atoms. The highest BCUT2D eigenvalue weighted by molar-refractivity contribution is 9.10. The molecule has 1 aliphatic heterocycles. The summed E-state index contributed by atoms with van der Waals surface area (Å²) in [6.07, 6.45) is 2.28. The van der Waals surface area contributed by atoms with Crippen LogP contribution in [0, 0.1) is 0 Å².